The standard InChI is InChI=1S/C47H40N5/c1-44(2)26-14-8-9-18-32(26)50-35-23-21-30-41-37(35)47(38-36(24-22-29(44)40(38)50)51-34-20-11-10-19-33(34)48(7)43(47)51)49-25-13-17-31-42(49)52(41)39-27(45(30,3)4)15-12-16-28(39)46(31,5)6/h8-25,43H,1-7H3/q+1. The maximum atomic E-state index is 2.74. The molecule has 52 heavy (non-hydrogen) atoms. The van der Waals surface area contributed by atoms with Crippen LogP contribution in [0, 0.1) is 0 Å². The van der Waals surface area contributed by atoms with Gasteiger partial charge in [-0.2, -0.15) is 4.90 Å². The largest absolute Gasteiger partial charge is 0.348 e. The fourth-order valence-electron chi connectivity index (χ4n) is 12.3. The van der Waals surface area contributed by atoms with E-state index in [0.29, 0.717) is 0 Å². The lowest BCUT2D eigenvalue weighted by atomic mass is 9.62. The lowest BCUT2D eigenvalue weighted by Gasteiger charge is -2.55. The van der Waals surface area contributed by atoms with Crippen LogP contribution >= 0.6 is 0 Å². The van der Waals surface area contributed by atoms with Crippen molar-refractivity contribution in [3.8, 4) is 0 Å². The average molecular weight is 675 g/mol. The van der Waals surface area contributed by atoms with Gasteiger partial charge in [0.25, 0.3) is 5.82 Å². The minimum atomic E-state index is -0.550. The molecule has 0 N–H and O–H groups in total. The number of hydrogen-bond donors (Lipinski definition) is 0. The molecule has 5 nitrogen and oxygen atoms in total. The Balaban J connectivity index is 1.30. The van der Waals surface area contributed by atoms with E-state index in [0.717, 1.165) is 0 Å². The maximum absolute atomic E-state index is 2.74. The second kappa shape index (κ2) is 8.08. The Morgan fingerprint density at radius 2 is 1.00 bits per heavy atom. The van der Waals surface area contributed by atoms with Gasteiger partial charge in [0.1, 0.15) is 11.4 Å². The molecule has 6 aromatic rings. The predicted octanol–water partition coefficient (Wildman–Crippen LogP) is 10.2. The molecule has 0 bridgehead atoms. The number of rotatable bonds is 0. The molecule has 8 heterocycles. The van der Waals surface area contributed by atoms with Crippen LogP contribution < -0.4 is 24.2 Å². The zero-order valence-corrected chi connectivity index (χ0v) is 30.7. The molecule has 0 aliphatic carbocycles. The lowest BCUT2D eigenvalue weighted by molar-refractivity contribution is -0.735. The van der Waals surface area contributed by atoms with Gasteiger partial charge in [-0.05, 0) is 53.6 Å². The van der Waals surface area contributed by atoms with Gasteiger partial charge in [0.05, 0.1) is 57.0 Å². The first-order chi connectivity index (χ1) is 25.0. The summed E-state index contributed by atoms with van der Waals surface area (Å²) in [5.74, 6) is 1.31. The molecule has 252 valence electrons. The molecule has 0 saturated heterocycles. The molecule has 0 fully saturated rings. The van der Waals surface area contributed by atoms with E-state index in [1.165, 1.54) is 95.8 Å². The molecule has 0 amide bonds. The molecule has 2 unspecified atom stereocenters. The molecule has 5 aromatic carbocycles. The number of hydrogen-bond acceptors (Lipinski definition) is 4. The van der Waals surface area contributed by atoms with Crippen LogP contribution in [0.2, 0.25) is 0 Å². The number of para-hydroxylation sites is 4. The number of anilines is 9. The second-order valence-electron chi connectivity index (χ2n) is 17.7. The highest BCUT2D eigenvalue weighted by molar-refractivity contribution is 6.05. The summed E-state index contributed by atoms with van der Waals surface area (Å²) in [6, 6.07) is 39.9. The Kier molecular flexibility index (Phi) is 4.36. The maximum Gasteiger partial charge on any atom is 0.292 e. The summed E-state index contributed by atoms with van der Waals surface area (Å²) in [4.78, 5) is 10.6. The first-order valence-electron chi connectivity index (χ1n) is 18.9. The molecule has 7 aliphatic heterocycles. The van der Waals surface area contributed by atoms with Crippen molar-refractivity contribution in [3.63, 3.8) is 0 Å². The van der Waals surface area contributed by atoms with Crippen molar-refractivity contribution in [1.29, 1.82) is 0 Å². The lowest BCUT2D eigenvalue weighted by Crippen LogP contribution is -2.72. The molecule has 13 rings (SSSR count). The van der Waals surface area contributed by atoms with Gasteiger partial charge in [-0.15, -0.1) is 0 Å². The van der Waals surface area contributed by atoms with E-state index in [-0.39, 0.29) is 22.4 Å². The molecule has 0 saturated carbocycles. The van der Waals surface area contributed by atoms with Crippen molar-refractivity contribution < 1.29 is 4.57 Å². The summed E-state index contributed by atoms with van der Waals surface area (Å²) in [6.45, 7) is 14.7. The van der Waals surface area contributed by atoms with Gasteiger partial charge in [0.2, 0.25) is 5.54 Å². The van der Waals surface area contributed by atoms with E-state index in [9.17, 15) is 0 Å². The number of aromatic nitrogens is 1. The first kappa shape index (κ1) is 28.1. The van der Waals surface area contributed by atoms with Gasteiger partial charge in [-0.25, -0.2) is 4.57 Å². The Morgan fingerprint density at radius 3 is 1.75 bits per heavy atom. The second-order valence-corrected chi connectivity index (χ2v) is 17.7. The highest BCUT2D eigenvalue weighted by Gasteiger charge is 2.72. The van der Waals surface area contributed by atoms with Crippen molar-refractivity contribution in [2.45, 2.75) is 69.5 Å². The van der Waals surface area contributed by atoms with Gasteiger partial charge in [-0.3, -0.25) is 0 Å². The molecule has 2 atom stereocenters. The number of benzene rings is 5. The fraction of sp³-hybridized carbons (Fsp3) is 0.255. The zero-order chi connectivity index (χ0) is 35.0. The number of likely N-dealkylation sites (N-methyl/N-ethyl adjacent to an activating group) is 1. The molecule has 5 heteroatoms. The van der Waals surface area contributed by atoms with Crippen molar-refractivity contribution in [2.75, 3.05) is 26.6 Å². The third-order valence-corrected chi connectivity index (χ3v) is 14.5. The number of nitrogens with zero attached hydrogens (tertiary/aromatic N) is 5. The SMILES string of the molecule is CN1c2ccccc2N2c3ccc4c5c3C3(c6c(ccc7c6N6c8c(cccc8C(C)(C)c8ccc[n+]3c86)C7(C)C)N5c3ccccc3C4(C)C)C12. The number of fused-ring (bicyclic) bond motifs is 7. The Bertz CT molecular complexity index is 2720. The third-order valence-electron chi connectivity index (χ3n) is 14.5. The van der Waals surface area contributed by atoms with E-state index in [1.807, 2.05) is 0 Å². The van der Waals surface area contributed by atoms with E-state index in [1.54, 1.807) is 0 Å². The van der Waals surface area contributed by atoms with Crippen molar-refractivity contribution in [2.24, 2.45) is 0 Å². The molecule has 1 spiro atoms. The van der Waals surface area contributed by atoms with Crippen LogP contribution in [0.4, 0.5) is 51.3 Å². The topological polar surface area (TPSA) is 16.8 Å². The van der Waals surface area contributed by atoms with Crippen LogP contribution in [0.25, 0.3) is 0 Å². The third kappa shape index (κ3) is 2.52. The minimum absolute atomic E-state index is 0.0116. The normalized spacial score (nSPS) is 23.5. The summed E-state index contributed by atoms with van der Waals surface area (Å²) in [5.41, 5.74) is 20.7. The van der Waals surface area contributed by atoms with Crippen LogP contribution in [0.1, 0.15) is 86.1 Å². The van der Waals surface area contributed by atoms with Gasteiger partial charge in [0, 0.05) is 40.0 Å². The Hall–Kier alpha value is -5.55. The van der Waals surface area contributed by atoms with E-state index >= 15 is 0 Å². The zero-order valence-electron chi connectivity index (χ0n) is 30.7. The monoisotopic (exact) mass is 674 g/mol. The summed E-state index contributed by atoms with van der Waals surface area (Å²) < 4.78 is 2.74. The quantitative estimate of drug-likeness (QED) is 0.149. The van der Waals surface area contributed by atoms with Gasteiger partial charge in [-0.1, -0.05) is 102 Å². The highest BCUT2D eigenvalue weighted by Crippen LogP contribution is 2.73. The van der Waals surface area contributed by atoms with Gasteiger partial charge in [0.15, 0.2) is 6.17 Å². The minimum Gasteiger partial charge on any atom is -0.348 e. The Morgan fingerprint density at radius 1 is 0.462 bits per heavy atom. The summed E-state index contributed by atoms with van der Waals surface area (Å²) in [5, 5.41) is 0. The summed E-state index contributed by atoms with van der Waals surface area (Å²) in [6.07, 6.45) is 2.41. The molecule has 7 aliphatic rings. The fourth-order valence-corrected chi connectivity index (χ4v) is 12.3. The first-order valence-corrected chi connectivity index (χ1v) is 18.9. The average Bonchev–Trinajstić information content (AvgIpc) is 3.62. The molecular formula is C47H40N5+. The Labute approximate surface area is 305 Å². The van der Waals surface area contributed by atoms with Crippen LogP contribution in [0.3, 0.4) is 0 Å². The van der Waals surface area contributed by atoms with Crippen molar-refractivity contribution >= 4 is 51.3 Å². The predicted molar refractivity (Wildman–Crippen MR) is 209 cm³/mol. The van der Waals surface area contributed by atoms with Crippen LogP contribution in [0.15, 0.2) is 109 Å². The molecule has 1 aromatic heterocycles. The molecular weight excluding hydrogens is 635 g/mol. The van der Waals surface area contributed by atoms with Gasteiger partial charge >= 0.3 is 0 Å². The van der Waals surface area contributed by atoms with Crippen molar-refractivity contribution in [3.05, 3.63) is 154 Å². The number of pyridine rings is 1. The van der Waals surface area contributed by atoms with Crippen LogP contribution in [-0.2, 0) is 21.8 Å². The molecule has 0 radical (unpaired) electrons. The smallest absolute Gasteiger partial charge is 0.292 e. The van der Waals surface area contributed by atoms with Crippen LogP contribution in [-0.4, -0.2) is 13.2 Å². The van der Waals surface area contributed by atoms with Gasteiger partial charge < -0.3 is 14.7 Å². The summed E-state index contributed by atoms with van der Waals surface area (Å²) >= 11 is 0. The van der Waals surface area contributed by atoms with E-state index in [2.05, 4.69) is 182 Å². The highest BCUT2D eigenvalue weighted by atomic mass is 15.5. The van der Waals surface area contributed by atoms with E-state index < -0.39 is 5.54 Å². The van der Waals surface area contributed by atoms with Crippen molar-refractivity contribution in [1.82, 2.24) is 0 Å². The van der Waals surface area contributed by atoms with Crippen LogP contribution in [0.5, 0.6) is 0 Å². The van der Waals surface area contributed by atoms with E-state index in [4.69, 9.17) is 0 Å². The summed E-state index contributed by atoms with van der Waals surface area (Å²) in [7, 11) is 2.33.